The van der Waals surface area contributed by atoms with Crippen molar-refractivity contribution in [2.45, 2.75) is 39.5 Å². The highest BCUT2D eigenvalue weighted by Gasteiger charge is 2.28. The topological polar surface area (TPSA) is 8.17 Å². The average molecular weight is 709 g/mol. The van der Waals surface area contributed by atoms with Gasteiger partial charge in [0.2, 0.25) is 0 Å². The Balaban J connectivity index is 1.11. The summed E-state index contributed by atoms with van der Waals surface area (Å²) < 4.78 is 2.37. The van der Waals surface area contributed by atoms with Gasteiger partial charge in [-0.05, 0) is 119 Å². The molecule has 0 aliphatic heterocycles. The zero-order valence-electron chi connectivity index (χ0n) is 32.0. The molecule has 2 heteroatoms. The van der Waals surface area contributed by atoms with Gasteiger partial charge in [-0.3, -0.25) is 0 Å². The minimum Gasteiger partial charge on any atom is -0.342 e. The quantitative estimate of drug-likeness (QED) is 0.160. The van der Waals surface area contributed by atoms with E-state index < -0.39 is 0 Å². The van der Waals surface area contributed by atoms with Crippen LogP contribution in [0.15, 0.2) is 164 Å². The van der Waals surface area contributed by atoms with Crippen LogP contribution in [0.5, 0.6) is 0 Å². The van der Waals surface area contributed by atoms with E-state index in [1.54, 1.807) is 0 Å². The first kappa shape index (κ1) is 33.2. The molecule has 0 N–H and O–H groups in total. The Morgan fingerprint density at radius 2 is 1.29 bits per heavy atom. The van der Waals surface area contributed by atoms with Gasteiger partial charge in [-0.2, -0.15) is 0 Å². The van der Waals surface area contributed by atoms with Gasteiger partial charge in [0.05, 0.1) is 16.9 Å². The maximum absolute atomic E-state index is 2.50. The van der Waals surface area contributed by atoms with E-state index in [2.05, 4.69) is 201 Å². The molecule has 1 unspecified atom stereocenters. The van der Waals surface area contributed by atoms with Gasteiger partial charge in [0.25, 0.3) is 0 Å². The van der Waals surface area contributed by atoms with Gasteiger partial charge < -0.3 is 9.47 Å². The van der Waals surface area contributed by atoms with Crippen LogP contribution in [0.4, 0.5) is 17.1 Å². The number of benzene rings is 8. The normalized spacial score (nSPS) is 12.7. The van der Waals surface area contributed by atoms with Gasteiger partial charge >= 0.3 is 0 Å². The molecule has 0 amide bonds. The summed E-state index contributed by atoms with van der Waals surface area (Å²) in [5.41, 5.74) is 19.8. The molecule has 0 radical (unpaired) electrons. The van der Waals surface area contributed by atoms with Crippen LogP contribution in [0, 0.1) is 20.8 Å². The van der Waals surface area contributed by atoms with Crippen LogP contribution in [0.25, 0.3) is 43.7 Å². The molecule has 8 aromatic carbocycles. The highest BCUT2D eigenvalue weighted by molar-refractivity contribution is 6.15. The van der Waals surface area contributed by atoms with E-state index in [0.717, 1.165) is 18.5 Å². The lowest BCUT2D eigenvalue weighted by Crippen LogP contribution is -2.12. The van der Waals surface area contributed by atoms with E-state index in [0.29, 0.717) is 0 Å². The van der Waals surface area contributed by atoms with Gasteiger partial charge in [-0.1, -0.05) is 139 Å². The van der Waals surface area contributed by atoms with Crippen molar-refractivity contribution in [2.75, 3.05) is 4.90 Å². The molecule has 1 aromatic heterocycles. The van der Waals surface area contributed by atoms with Crippen molar-refractivity contribution in [2.24, 2.45) is 7.05 Å². The molecule has 1 heterocycles. The maximum atomic E-state index is 2.50. The summed E-state index contributed by atoms with van der Waals surface area (Å²) in [5.74, 6) is 0.283. The Morgan fingerprint density at radius 3 is 2.11 bits per heavy atom. The number of fused-ring (bicyclic) bond motifs is 8. The molecular weight excluding hydrogens is 665 g/mol. The summed E-state index contributed by atoms with van der Waals surface area (Å²) in [6.07, 6.45) is 1.87. The molecule has 0 bridgehead atoms. The number of aryl methyl sites for hydroxylation is 3. The summed E-state index contributed by atoms with van der Waals surface area (Å²) in [6, 6.07) is 61.2. The number of hydrogen-bond donors (Lipinski definition) is 0. The van der Waals surface area contributed by atoms with E-state index in [1.807, 2.05) is 0 Å². The lowest BCUT2D eigenvalue weighted by atomic mass is 9.82. The molecule has 55 heavy (non-hydrogen) atoms. The molecule has 0 fully saturated rings. The van der Waals surface area contributed by atoms with E-state index in [9.17, 15) is 0 Å². The second-order valence-electron chi connectivity index (χ2n) is 15.5. The molecule has 10 rings (SSSR count). The van der Waals surface area contributed by atoms with Crippen LogP contribution in [-0.2, 0) is 19.9 Å². The largest absolute Gasteiger partial charge is 0.342 e. The first-order valence-corrected chi connectivity index (χ1v) is 19.6. The third-order valence-corrected chi connectivity index (χ3v) is 12.3. The molecule has 266 valence electrons. The van der Waals surface area contributed by atoms with Gasteiger partial charge in [-0.25, -0.2) is 0 Å². The van der Waals surface area contributed by atoms with Crippen LogP contribution >= 0.6 is 0 Å². The van der Waals surface area contributed by atoms with Crippen molar-refractivity contribution >= 4 is 49.6 Å². The van der Waals surface area contributed by atoms with Gasteiger partial charge in [-0.15, -0.1) is 0 Å². The number of hydrogen-bond acceptors (Lipinski definition) is 1. The number of anilines is 3. The molecule has 0 saturated heterocycles. The van der Waals surface area contributed by atoms with Crippen molar-refractivity contribution in [1.82, 2.24) is 4.57 Å². The fourth-order valence-corrected chi connectivity index (χ4v) is 9.40. The second-order valence-corrected chi connectivity index (χ2v) is 15.5. The number of rotatable bonds is 7. The monoisotopic (exact) mass is 708 g/mol. The van der Waals surface area contributed by atoms with Gasteiger partial charge in [0.15, 0.2) is 0 Å². The van der Waals surface area contributed by atoms with Gasteiger partial charge in [0, 0.05) is 40.3 Å². The zero-order valence-corrected chi connectivity index (χ0v) is 32.0. The average Bonchev–Trinajstić information content (AvgIpc) is 3.74. The predicted octanol–water partition coefficient (Wildman–Crippen LogP) is 13.8. The smallest absolute Gasteiger partial charge is 0.0733 e. The molecular formula is C53H44N2. The van der Waals surface area contributed by atoms with E-state index in [1.165, 1.54) is 99.6 Å². The third kappa shape index (κ3) is 5.47. The molecule has 1 aliphatic rings. The summed E-state index contributed by atoms with van der Waals surface area (Å²) in [6.45, 7) is 6.69. The molecule has 9 aromatic rings. The molecule has 2 nitrogen and oxygen atoms in total. The molecule has 1 atom stereocenters. The number of aromatic nitrogens is 1. The highest BCUT2D eigenvalue weighted by Crippen LogP contribution is 2.50. The summed E-state index contributed by atoms with van der Waals surface area (Å²) in [7, 11) is 2.20. The van der Waals surface area contributed by atoms with E-state index >= 15 is 0 Å². The van der Waals surface area contributed by atoms with Crippen molar-refractivity contribution in [3.63, 3.8) is 0 Å². The molecule has 0 saturated carbocycles. The SMILES string of the molecule is Cc1ccc(C(Cc2ccc3c(c2)Cc2cc(N(c4ccccc4)c4cccc5c6ccccc6n(C)c45)c4ccccc4c2-3)c2cccc(C)c2C)cc1. The summed E-state index contributed by atoms with van der Waals surface area (Å²) >= 11 is 0. The highest BCUT2D eigenvalue weighted by atomic mass is 15.2. The first-order valence-electron chi connectivity index (χ1n) is 19.6. The Morgan fingerprint density at radius 1 is 0.582 bits per heavy atom. The first-order chi connectivity index (χ1) is 26.9. The van der Waals surface area contributed by atoms with E-state index in [-0.39, 0.29) is 5.92 Å². The van der Waals surface area contributed by atoms with Crippen LogP contribution in [0.3, 0.4) is 0 Å². The lowest BCUT2D eigenvalue weighted by Gasteiger charge is -2.29. The van der Waals surface area contributed by atoms with Crippen molar-refractivity contribution in [3.05, 3.63) is 208 Å². The standard InChI is InChI=1S/C53H44N2/c1-34-24-27-38(28-25-34)48(42-20-12-14-35(2)36(42)3)31-37-26-29-43-39(30-37)32-40-33-51(44-17-8-9-19-46(44)52(40)43)55(41-15-6-5-7-16-41)50-23-13-21-47-45-18-10-11-22-49(45)54(4)53(47)50/h5-30,33,48H,31-32H2,1-4H3. The minimum atomic E-state index is 0.283. The minimum absolute atomic E-state index is 0.283. The fraction of sp³-hybridized carbons (Fsp3) is 0.132. The third-order valence-electron chi connectivity index (χ3n) is 12.3. The van der Waals surface area contributed by atoms with Crippen LogP contribution < -0.4 is 4.90 Å². The summed E-state index contributed by atoms with van der Waals surface area (Å²) in [4.78, 5) is 2.49. The fourth-order valence-electron chi connectivity index (χ4n) is 9.40. The van der Waals surface area contributed by atoms with Crippen LogP contribution in [-0.4, -0.2) is 4.57 Å². The Kier molecular flexibility index (Phi) is 7.96. The van der Waals surface area contributed by atoms with Crippen LogP contribution in [0.2, 0.25) is 0 Å². The van der Waals surface area contributed by atoms with Crippen molar-refractivity contribution in [1.29, 1.82) is 0 Å². The summed E-state index contributed by atoms with van der Waals surface area (Å²) in [5, 5.41) is 5.11. The Hall–Kier alpha value is -6.38. The number of nitrogens with zero attached hydrogens (tertiary/aromatic N) is 2. The Labute approximate surface area is 323 Å². The van der Waals surface area contributed by atoms with Crippen molar-refractivity contribution < 1.29 is 0 Å². The Bertz CT molecular complexity index is 2910. The number of para-hydroxylation sites is 3. The maximum Gasteiger partial charge on any atom is 0.0733 e. The lowest BCUT2D eigenvalue weighted by molar-refractivity contribution is 0.795. The second kappa shape index (κ2) is 13.2. The predicted molar refractivity (Wildman–Crippen MR) is 233 cm³/mol. The van der Waals surface area contributed by atoms with Crippen molar-refractivity contribution in [3.8, 4) is 11.1 Å². The molecule has 1 aliphatic carbocycles. The van der Waals surface area contributed by atoms with Crippen LogP contribution in [0.1, 0.15) is 50.4 Å². The molecule has 0 spiro atoms. The van der Waals surface area contributed by atoms with E-state index in [4.69, 9.17) is 0 Å². The zero-order chi connectivity index (χ0) is 37.2. The van der Waals surface area contributed by atoms with Gasteiger partial charge in [0.1, 0.15) is 0 Å².